The molecule has 0 radical (unpaired) electrons. The van der Waals surface area contributed by atoms with Crippen LogP contribution in [0.2, 0.25) is 0 Å². The lowest BCUT2D eigenvalue weighted by Crippen LogP contribution is -2.14. The predicted octanol–water partition coefficient (Wildman–Crippen LogP) is 3.32. The molecular formula is C16H18N2O2S. The zero-order valence-corrected chi connectivity index (χ0v) is 12.9. The van der Waals surface area contributed by atoms with Crippen LogP contribution in [0.4, 0.5) is 11.4 Å². The van der Waals surface area contributed by atoms with E-state index in [2.05, 4.69) is 5.32 Å². The van der Waals surface area contributed by atoms with Crippen molar-refractivity contribution >= 4 is 29.0 Å². The van der Waals surface area contributed by atoms with Crippen LogP contribution in [0.25, 0.3) is 0 Å². The molecule has 0 aliphatic heterocycles. The second-order valence-electron chi connectivity index (χ2n) is 4.56. The Hall–Kier alpha value is -2.14. The van der Waals surface area contributed by atoms with Crippen LogP contribution in [0.5, 0.6) is 5.75 Å². The molecule has 21 heavy (non-hydrogen) atoms. The lowest BCUT2D eigenvalue weighted by atomic mass is 10.2. The first-order chi connectivity index (χ1) is 10.1. The Morgan fingerprint density at radius 3 is 2.71 bits per heavy atom. The van der Waals surface area contributed by atoms with Crippen molar-refractivity contribution in [2.45, 2.75) is 11.8 Å². The van der Waals surface area contributed by atoms with Crippen LogP contribution in [-0.2, 0) is 4.79 Å². The van der Waals surface area contributed by atoms with E-state index in [1.807, 2.05) is 49.4 Å². The van der Waals surface area contributed by atoms with Crippen molar-refractivity contribution in [2.24, 2.45) is 0 Å². The monoisotopic (exact) mass is 302 g/mol. The van der Waals surface area contributed by atoms with Crippen molar-refractivity contribution in [3.8, 4) is 5.75 Å². The minimum atomic E-state index is -0.0588. The van der Waals surface area contributed by atoms with Crippen LogP contribution in [0.3, 0.4) is 0 Å². The molecule has 5 heteroatoms. The molecule has 3 N–H and O–H groups in total. The lowest BCUT2D eigenvalue weighted by molar-refractivity contribution is -0.113. The van der Waals surface area contributed by atoms with Crippen LogP contribution in [-0.4, -0.2) is 18.8 Å². The van der Waals surface area contributed by atoms with Gasteiger partial charge in [-0.3, -0.25) is 4.79 Å². The van der Waals surface area contributed by atoms with E-state index in [4.69, 9.17) is 10.5 Å². The number of para-hydroxylation sites is 1. The minimum Gasteiger partial charge on any atom is -0.497 e. The molecule has 4 nitrogen and oxygen atoms in total. The third-order valence-corrected chi connectivity index (χ3v) is 4.07. The van der Waals surface area contributed by atoms with Gasteiger partial charge in [0.2, 0.25) is 5.91 Å². The molecule has 0 fully saturated rings. The maximum absolute atomic E-state index is 12.0. The number of carbonyl (C=O) groups excluding carboxylic acids is 1. The Labute approximate surface area is 128 Å². The van der Waals surface area contributed by atoms with Crippen molar-refractivity contribution in [2.75, 3.05) is 23.9 Å². The Balaban J connectivity index is 1.95. The summed E-state index contributed by atoms with van der Waals surface area (Å²) < 4.78 is 5.14. The van der Waals surface area contributed by atoms with Gasteiger partial charge in [0.1, 0.15) is 5.75 Å². The standard InChI is InChI=1S/C16H18N2O2S/c1-11-9-12(20-2)7-8-14(11)18-16(19)10-21-15-6-4-3-5-13(15)17/h3-9H,10,17H2,1-2H3,(H,18,19). The van der Waals surface area contributed by atoms with E-state index >= 15 is 0 Å². The van der Waals surface area contributed by atoms with Gasteiger partial charge in [-0.25, -0.2) is 0 Å². The topological polar surface area (TPSA) is 64.3 Å². The van der Waals surface area contributed by atoms with Crippen LogP contribution in [0.1, 0.15) is 5.56 Å². The second kappa shape index (κ2) is 7.04. The van der Waals surface area contributed by atoms with Crippen molar-refractivity contribution in [3.63, 3.8) is 0 Å². The number of carbonyl (C=O) groups is 1. The average molecular weight is 302 g/mol. The Bertz CT molecular complexity index is 644. The number of amides is 1. The molecule has 0 bridgehead atoms. The average Bonchev–Trinajstić information content (AvgIpc) is 2.48. The van der Waals surface area contributed by atoms with E-state index < -0.39 is 0 Å². The molecular weight excluding hydrogens is 284 g/mol. The summed E-state index contributed by atoms with van der Waals surface area (Å²) in [6, 6.07) is 13.1. The highest BCUT2D eigenvalue weighted by molar-refractivity contribution is 8.00. The first-order valence-corrected chi connectivity index (χ1v) is 7.50. The molecule has 2 rings (SSSR count). The van der Waals surface area contributed by atoms with Crippen LogP contribution in [0.15, 0.2) is 47.4 Å². The number of aryl methyl sites for hydroxylation is 1. The molecule has 0 aromatic heterocycles. The summed E-state index contributed by atoms with van der Waals surface area (Å²) in [5.74, 6) is 1.04. The highest BCUT2D eigenvalue weighted by Gasteiger charge is 2.07. The van der Waals surface area contributed by atoms with Crippen molar-refractivity contribution in [3.05, 3.63) is 48.0 Å². The van der Waals surface area contributed by atoms with E-state index in [9.17, 15) is 4.79 Å². The number of anilines is 2. The SMILES string of the molecule is COc1ccc(NC(=O)CSc2ccccc2N)c(C)c1. The van der Waals surface area contributed by atoms with E-state index in [0.29, 0.717) is 11.4 Å². The molecule has 2 aromatic rings. The van der Waals surface area contributed by atoms with Gasteiger partial charge in [0.25, 0.3) is 0 Å². The molecule has 0 aliphatic carbocycles. The van der Waals surface area contributed by atoms with Crippen LogP contribution >= 0.6 is 11.8 Å². The van der Waals surface area contributed by atoms with Crippen LogP contribution < -0.4 is 15.8 Å². The molecule has 2 aromatic carbocycles. The third-order valence-electron chi connectivity index (χ3n) is 2.99. The van der Waals surface area contributed by atoms with E-state index in [1.54, 1.807) is 7.11 Å². The van der Waals surface area contributed by atoms with Gasteiger partial charge < -0.3 is 15.8 Å². The molecule has 0 unspecified atom stereocenters. The third kappa shape index (κ3) is 4.16. The number of methoxy groups -OCH3 is 1. The highest BCUT2D eigenvalue weighted by Crippen LogP contribution is 2.25. The van der Waals surface area contributed by atoms with Gasteiger partial charge in [0.15, 0.2) is 0 Å². The fourth-order valence-corrected chi connectivity index (χ4v) is 2.61. The van der Waals surface area contributed by atoms with Crippen molar-refractivity contribution in [1.82, 2.24) is 0 Å². The smallest absolute Gasteiger partial charge is 0.234 e. The van der Waals surface area contributed by atoms with Gasteiger partial charge in [0, 0.05) is 16.3 Å². The Morgan fingerprint density at radius 1 is 1.29 bits per heavy atom. The quantitative estimate of drug-likeness (QED) is 0.657. The summed E-state index contributed by atoms with van der Waals surface area (Å²) >= 11 is 1.43. The van der Waals surface area contributed by atoms with Crippen LogP contribution in [0, 0.1) is 6.92 Å². The normalized spacial score (nSPS) is 10.2. The summed E-state index contributed by atoms with van der Waals surface area (Å²) in [7, 11) is 1.62. The van der Waals surface area contributed by atoms with E-state index in [1.165, 1.54) is 11.8 Å². The number of benzene rings is 2. The number of nitrogens with two attached hydrogens (primary N) is 1. The van der Waals surface area contributed by atoms with Gasteiger partial charge in [-0.1, -0.05) is 12.1 Å². The number of rotatable bonds is 5. The fourth-order valence-electron chi connectivity index (χ4n) is 1.84. The number of nitrogens with one attached hydrogen (secondary N) is 1. The van der Waals surface area contributed by atoms with Gasteiger partial charge in [-0.05, 0) is 42.8 Å². The number of ether oxygens (including phenoxy) is 1. The molecule has 0 heterocycles. The summed E-state index contributed by atoms with van der Waals surface area (Å²) in [5.41, 5.74) is 8.30. The second-order valence-corrected chi connectivity index (χ2v) is 5.57. The van der Waals surface area contributed by atoms with Gasteiger partial charge in [0.05, 0.1) is 12.9 Å². The first kappa shape index (κ1) is 15.3. The maximum Gasteiger partial charge on any atom is 0.234 e. The number of nitrogen functional groups attached to an aromatic ring is 1. The van der Waals surface area contributed by atoms with E-state index in [0.717, 1.165) is 21.9 Å². The largest absolute Gasteiger partial charge is 0.497 e. The summed E-state index contributed by atoms with van der Waals surface area (Å²) in [6.45, 7) is 1.93. The molecule has 0 atom stereocenters. The first-order valence-electron chi connectivity index (χ1n) is 6.52. The molecule has 1 amide bonds. The molecule has 0 saturated heterocycles. The zero-order chi connectivity index (χ0) is 15.2. The van der Waals surface area contributed by atoms with Crippen molar-refractivity contribution < 1.29 is 9.53 Å². The van der Waals surface area contributed by atoms with Gasteiger partial charge >= 0.3 is 0 Å². The van der Waals surface area contributed by atoms with Crippen molar-refractivity contribution in [1.29, 1.82) is 0 Å². The number of thioether (sulfide) groups is 1. The summed E-state index contributed by atoms with van der Waals surface area (Å²) in [4.78, 5) is 12.9. The predicted molar refractivity (Wildman–Crippen MR) is 87.9 cm³/mol. The molecule has 110 valence electrons. The minimum absolute atomic E-state index is 0.0588. The summed E-state index contributed by atoms with van der Waals surface area (Å²) in [6.07, 6.45) is 0. The number of hydrogen-bond acceptors (Lipinski definition) is 4. The molecule has 0 aliphatic rings. The number of hydrogen-bond donors (Lipinski definition) is 2. The fraction of sp³-hybridized carbons (Fsp3) is 0.188. The maximum atomic E-state index is 12.0. The lowest BCUT2D eigenvalue weighted by Gasteiger charge is -2.10. The molecule has 0 spiro atoms. The highest BCUT2D eigenvalue weighted by atomic mass is 32.2. The summed E-state index contributed by atoms with van der Waals surface area (Å²) in [5, 5.41) is 2.90. The van der Waals surface area contributed by atoms with Gasteiger partial charge in [-0.2, -0.15) is 0 Å². The van der Waals surface area contributed by atoms with E-state index in [-0.39, 0.29) is 5.91 Å². The zero-order valence-electron chi connectivity index (χ0n) is 12.1. The Morgan fingerprint density at radius 2 is 2.05 bits per heavy atom. The molecule has 0 saturated carbocycles. The van der Waals surface area contributed by atoms with Gasteiger partial charge in [-0.15, -0.1) is 11.8 Å². The Kier molecular flexibility index (Phi) is 5.11.